The molecule has 0 radical (unpaired) electrons. The van der Waals surface area contributed by atoms with Crippen molar-refractivity contribution in [2.24, 2.45) is 5.92 Å². The smallest absolute Gasteiger partial charge is 0.115 e. The van der Waals surface area contributed by atoms with Crippen LogP contribution in [0.2, 0.25) is 5.02 Å². The Labute approximate surface area is 148 Å². The fraction of sp³-hybridized carbons (Fsp3) is 0.400. The molecule has 3 N–H and O–H groups in total. The quantitative estimate of drug-likeness (QED) is 0.733. The van der Waals surface area contributed by atoms with Gasteiger partial charge in [0.1, 0.15) is 5.75 Å². The van der Waals surface area contributed by atoms with Gasteiger partial charge in [0.2, 0.25) is 0 Å². The average Bonchev–Trinajstić information content (AvgIpc) is 3.04. The minimum atomic E-state index is -0.530. The molecule has 3 unspecified atom stereocenters. The lowest BCUT2D eigenvalue weighted by atomic mass is 9.96. The molecule has 3 atom stereocenters. The van der Waals surface area contributed by atoms with E-state index in [1.165, 1.54) is 18.4 Å². The third-order valence-corrected chi connectivity index (χ3v) is 5.14. The molecule has 0 aromatic heterocycles. The standard InChI is InChI=1S/C20H24ClNO2/c21-18-3-1-2-17(11-18)20(24)13-22-12-14-4-5-16(10-14)15-6-8-19(23)9-7-15/h1-3,6-9,11,14,16,20,22-24H,4-5,10,12-13H2. The Morgan fingerprint density at radius 1 is 1.12 bits per heavy atom. The molecule has 2 aromatic rings. The third kappa shape index (κ3) is 4.50. The molecule has 2 aromatic carbocycles. The molecular weight excluding hydrogens is 322 g/mol. The molecule has 0 bridgehead atoms. The number of benzene rings is 2. The second-order valence-electron chi connectivity index (χ2n) is 6.70. The highest BCUT2D eigenvalue weighted by Crippen LogP contribution is 2.38. The number of phenols is 1. The van der Waals surface area contributed by atoms with Gasteiger partial charge in [0.25, 0.3) is 0 Å². The molecule has 3 rings (SSSR count). The summed E-state index contributed by atoms with van der Waals surface area (Å²) >= 11 is 5.96. The Morgan fingerprint density at radius 3 is 2.67 bits per heavy atom. The van der Waals surface area contributed by atoms with Crippen molar-refractivity contribution in [1.29, 1.82) is 0 Å². The van der Waals surface area contributed by atoms with E-state index in [-0.39, 0.29) is 0 Å². The molecule has 0 aliphatic heterocycles. The van der Waals surface area contributed by atoms with Crippen molar-refractivity contribution in [3.05, 3.63) is 64.7 Å². The Morgan fingerprint density at radius 2 is 1.92 bits per heavy atom. The molecule has 0 heterocycles. The number of nitrogens with one attached hydrogen (secondary N) is 1. The number of hydrogen-bond acceptors (Lipinski definition) is 3. The van der Waals surface area contributed by atoms with Gasteiger partial charge < -0.3 is 15.5 Å². The van der Waals surface area contributed by atoms with Gasteiger partial charge in [-0.05, 0) is 73.0 Å². The summed E-state index contributed by atoms with van der Waals surface area (Å²) in [6.45, 7) is 1.47. The summed E-state index contributed by atoms with van der Waals surface area (Å²) in [6.07, 6.45) is 3.02. The van der Waals surface area contributed by atoms with Crippen molar-refractivity contribution in [3.63, 3.8) is 0 Å². The Kier molecular flexibility index (Phi) is 5.77. The summed E-state index contributed by atoms with van der Waals surface area (Å²) in [5.41, 5.74) is 2.16. The van der Waals surface area contributed by atoms with E-state index in [1.54, 1.807) is 12.1 Å². The van der Waals surface area contributed by atoms with Crippen molar-refractivity contribution in [1.82, 2.24) is 5.32 Å². The molecule has 0 saturated heterocycles. The maximum Gasteiger partial charge on any atom is 0.115 e. The van der Waals surface area contributed by atoms with E-state index in [4.69, 9.17) is 11.6 Å². The number of phenolic OH excluding ortho intramolecular Hbond substituents is 1. The highest BCUT2D eigenvalue weighted by atomic mass is 35.5. The minimum Gasteiger partial charge on any atom is -0.508 e. The monoisotopic (exact) mass is 345 g/mol. The van der Waals surface area contributed by atoms with Gasteiger partial charge in [-0.1, -0.05) is 35.9 Å². The highest BCUT2D eigenvalue weighted by Gasteiger charge is 2.25. The van der Waals surface area contributed by atoms with Crippen LogP contribution in [0.4, 0.5) is 0 Å². The van der Waals surface area contributed by atoms with Crippen LogP contribution in [0.15, 0.2) is 48.5 Å². The van der Waals surface area contributed by atoms with Gasteiger partial charge in [0.15, 0.2) is 0 Å². The molecular formula is C20H24ClNO2. The number of rotatable bonds is 6. The largest absolute Gasteiger partial charge is 0.508 e. The van der Waals surface area contributed by atoms with E-state index in [2.05, 4.69) is 5.32 Å². The van der Waals surface area contributed by atoms with Crippen LogP contribution in [0.3, 0.4) is 0 Å². The predicted octanol–water partition coefficient (Wildman–Crippen LogP) is 4.25. The van der Waals surface area contributed by atoms with E-state index < -0.39 is 6.10 Å². The van der Waals surface area contributed by atoms with Crippen LogP contribution in [0.1, 0.15) is 42.4 Å². The third-order valence-electron chi connectivity index (χ3n) is 4.91. The highest BCUT2D eigenvalue weighted by molar-refractivity contribution is 6.30. The fourth-order valence-electron chi connectivity index (χ4n) is 3.57. The second-order valence-corrected chi connectivity index (χ2v) is 7.13. The molecule has 1 fully saturated rings. The lowest BCUT2D eigenvalue weighted by Gasteiger charge is -2.16. The van der Waals surface area contributed by atoms with E-state index in [9.17, 15) is 10.2 Å². The second kappa shape index (κ2) is 8.02. The fourth-order valence-corrected chi connectivity index (χ4v) is 3.76. The van der Waals surface area contributed by atoms with E-state index >= 15 is 0 Å². The van der Waals surface area contributed by atoms with Gasteiger partial charge in [-0.3, -0.25) is 0 Å². The van der Waals surface area contributed by atoms with E-state index in [0.29, 0.717) is 29.2 Å². The predicted molar refractivity (Wildman–Crippen MR) is 97.5 cm³/mol. The maximum atomic E-state index is 10.2. The number of aliphatic hydroxyl groups excluding tert-OH is 1. The molecule has 3 nitrogen and oxygen atoms in total. The maximum absolute atomic E-state index is 10.2. The van der Waals surface area contributed by atoms with Crippen LogP contribution in [-0.2, 0) is 0 Å². The summed E-state index contributed by atoms with van der Waals surface area (Å²) in [7, 11) is 0. The van der Waals surface area contributed by atoms with Crippen molar-refractivity contribution < 1.29 is 10.2 Å². The molecule has 1 aliphatic rings. The van der Waals surface area contributed by atoms with E-state index in [1.807, 2.05) is 36.4 Å². The van der Waals surface area contributed by atoms with Crippen molar-refractivity contribution >= 4 is 11.6 Å². The summed E-state index contributed by atoms with van der Waals surface area (Å²) in [6, 6.07) is 15.0. The van der Waals surface area contributed by atoms with Crippen molar-refractivity contribution in [2.75, 3.05) is 13.1 Å². The summed E-state index contributed by atoms with van der Waals surface area (Å²) in [5.74, 6) is 1.54. The minimum absolute atomic E-state index is 0.324. The van der Waals surface area contributed by atoms with Gasteiger partial charge in [-0.2, -0.15) is 0 Å². The lowest BCUT2D eigenvalue weighted by Crippen LogP contribution is -2.26. The van der Waals surface area contributed by atoms with Crippen LogP contribution >= 0.6 is 11.6 Å². The van der Waals surface area contributed by atoms with Crippen LogP contribution in [0, 0.1) is 5.92 Å². The van der Waals surface area contributed by atoms with Crippen molar-refractivity contribution in [2.45, 2.75) is 31.3 Å². The number of aromatic hydroxyl groups is 1. The average molecular weight is 346 g/mol. The first-order chi connectivity index (χ1) is 11.6. The lowest BCUT2D eigenvalue weighted by molar-refractivity contribution is 0.173. The molecule has 0 amide bonds. The van der Waals surface area contributed by atoms with Crippen LogP contribution in [0.5, 0.6) is 5.75 Å². The first kappa shape index (κ1) is 17.3. The van der Waals surface area contributed by atoms with Gasteiger partial charge in [-0.15, -0.1) is 0 Å². The zero-order valence-electron chi connectivity index (χ0n) is 13.7. The van der Waals surface area contributed by atoms with Crippen LogP contribution in [0.25, 0.3) is 0 Å². The Bertz CT molecular complexity index is 659. The number of hydrogen-bond donors (Lipinski definition) is 3. The zero-order chi connectivity index (χ0) is 16.9. The normalized spacial score (nSPS) is 21.8. The Balaban J connectivity index is 1.44. The van der Waals surface area contributed by atoms with Gasteiger partial charge in [0, 0.05) is 11.6 Å². The topological polar surface area (TPSA) is 52.5 Å². The molecule has 24 heavy (non-hydrogen) atoms. The molecule has 128 valence electrons. The van der Waals surface area contributed by atoms with Gasteiger partial charge >= 0.3 is 0 Å². The van der Waals surface area contributed by atoms with Gasteiger partial charge in [-0.25, -0.2) is 0 Å². The summed E-state index contributed by atoms with van der Waals surface area (Å²) < 4.78 is 0. The number of halogens is 1. The summed E-state index contributed by atoms with van der Waals surface area (Å²) in [5, 5.41) is 23.7. The molecule has 0 spiro atoms. The number of aliphatic hydroxyl groups is 1. The molecule has 1 saturated carbocycles. The molecule has 4 heteroatoms. The SMILES string of the molecule is Oc1ccc(C2CCC(CNCC(O)c3cccc(Cl)c3)C2)cc1. The van der Waals surface area contributed by atoms with Crippen LogP contribution in [-0.4, -0.2) is 23.3 Å². The van der Waals surface area contributed by atoms with Crippen molar-refractivity contribution in [3.8, 4) is 5.75 Å². The van der Waals surface area contributed by atoms with E-state index in [0.717, 1.165) is 18.5 Å². The van der Waals surface area contributed by atoms with Gasteiger partial charge in [0.05, 0.1) is 6.10 Å². The first-order valence-electron chi connectivity index (χ1n) is 8.55. The first-order valence-corrected chi connectivity index (χ1v) is 8.93. The summed E-state index contributed by atoms with van der Waals surface area (Å²) in [4.78, 5) is 0. The zero-order valence-corrected chi connectivity index (χ0v) is 14.4. The van der Waals surface area contributed by atoms with Crippen LogP contribution < -0.4 is 5.32 Å². The Hall–Kier alpha value is -1.55. The molecule has 1 aliphatic carbocycles.